The molecule has 1 N–H and O–H groups in total. The highest BCUT2D eigenvalue weighted by Crippen LogP contribution is 2.48. The first-order valence-electron chi connectivity index (χ1n) is 13.2. The van der Waals surface area contributed by atoms with Crippen molar-refractivity contribution in [3.05, 3.63) is 107 Å². The van der Waals surface area contributed by atoms with E-state index < -0.39 is 5.41 Å². The summed E-state index contributed by atoms with van der Waals surface area (Å²) < 4.78 is 16.2. The van der Waals surface area contributed by atoms with E-state index in [1.54, 1.807) is 16.9 Å². The lowest BCUT2D eigenvalue weighted by Crippen LogP contribution is -2.42. The number of rotatable bonds is 6. The maximum Gasteiger partial charge on any atom is 0.240 e. The summed E-state index contributed by atoms with van der Waals surface area (Å²) in [6.07, 6.45) is 1.67. The van der Waals surface area contributed by atoms with Crippen molar-refractivity contribution in [1.82, 2.24) is 20.1 Å². The lowest BCUT2D eigenvalue weighted by molar-refractivity contribution is -0.123. The minimum atomic E-state index is -0.396. The third kappa shape index (κ3) is 5.79. The van der Waals surface area contributed by atoms with Crippen LogP contribution in [0.1, 0.15) is 54.1 Å². The molecule has 2 amide bonds. The molecule has 5 rings (SSSR count). The number of anilines is 1. The Bertz CT molecular complexity index is 1530. The fraction of sp³-hybridized carbons (Fsp3) is 0.290. The van der Waals surface area contributed by atoms with Crippen LogP contribution >= 0.6 is 11.8 Å². The molecule has 4 aromatic rings. The van der Waals surface area contributed by atoms with Crippen LogP contribution in [-0.4, -0.2) is 38.9 Å². The van der Waals surface area contributed by atoms with Crippen LogP contribution in [0.4, 0.5) is 10.2 Å². The Morgan fingerprint density at radius 3 is 2.55 bits per heavy atom. The van der Waals surface area contributed by atoms with Gasteiger partial charge in [-0.2, -0.15) is 5.10 Å². The second-order valence-electron chi connectivity index (χ2n) is 10.9. The number of amides is 2. The minimum absolute atomic E-state index is 0.126. The van der Waals surface area contributed by atoms with Gasteiger partial charge in [0, 0.05) is 17.2 Å². The van der Waals surface area contributed by atoms with Crippen molar-refractivity contribution >= 4 is 29.4 Å². The van der Waals surface area contributed by atoms with Crippen LogP contribution in [0.3, 0.4) is 0 Å². The van der Waals surface area contributed by atoms with Crippen molar-refractivity contribution in [3.8, 4) is 5.69 Å². The van der Waals surface area contributed by atoms with Crippen molar-refractivity contribution in [3.63, 3.8) is 0 Å². The third-order valence-corrected chi connectivity index (χ3v) is 7.98. The van der Waals surface area contributed by atoms with Gasteiger partial charge in [0.05, 0.1) is 34.6 Å². The number of aryl methyl sites for hydroxylation is 1. The summed E-state index contributed by atoms with van der Waals surface area (Å²) in [6, 6.07) is 19.9. The van der Waals surface area contributed by atoms with E-state index in [4.69, 9.17) is 5.10 Å². The lowest BCUT2D eigenvalue weighted by Gasteiger charge is -2.24. The fourth-order valence-corrected chi connectivity index (χ4v) is 5.95. The molecule has 0 unspecified atom stereocenters. The van der Waals surface area contributed by atoms with Crippen LogP contribution in [-0.2, 0) is 21.5 Å². The van der Waals surface area contributed by atoms with Crippen LogP contribution in [0, 0.1) is 12.7 Å². The Kier molecular flexibility index (Phi) is 7.76. The average molecular weight is 558 g/mol. The number of pyridine rings is 1. The zero-order valence-electron chi connectivity index (χ0n) is 23.0. The highest BCUT2D eigenvalue weighted by molar-refractivity contribution is 8.00. The quantitative estimate of drug-likeness (QED) is 0.339. The first-order valence-corrected chi connectivity index (χ1v) is 14.2. The molecule has 0 spiro atoms. The average Bonchev–Trinajstić information content (AvgIpc) is 3.26. The summed E-state index contributed by atoms with van der Waals surface area (Å²) in [4.78, 5) is 32.7. The Morgan fingerprint density at radius 2 is 1.88 bits per heavy atom. The smallest absolute Gasteiger partial charge is 0.240 e. The van der Waals surface area contributed by atoms with E-state index in [9.17, 15) is 14.0 Å². The molecule has 206 valence electrons. The van der Waals surface area contributed by atoms with Gasteiger partial charge in [-0.1, -0.05) is 56.7 Å². The highest BCUT2D eigenvalue weighted by atomic mass is 32.2. The molecule has 0 fully saturated rings. The highest BCUT2D eigenvalue weighted by Gasteiger charge is 2.40. The number of nitrogens with zero attached hydrogens (tertiary/aromatic N) is 4. The van der Waals surface area contributed by atoms with Crippen molar-refractivity contribution in [2.45, 2.75) is 44.9 Å². The van der Waals surface area contributed by atoms with Gasteiger partial charge in [0.25, 0.3) is 0 Å². The first kappa shape index (κ1) is 27.6. The molecule has 0 saturated carbocycles. The van der Waals surface area contributed by atoms with E-state index in [2.05, 4.69) is 31.1 Å². The van der Waals surface area contributed by atoms with Gasteiger partial charge in [0.15, 0.2) is 0 Å². The van der Waals surface area contributed by atoms with E-state index in [0.29, 0.717) is 5.82 Å². The van der Waals surface area contributed by atoms with Crippen LogP contribution in [0.2, 0.25) is 0 Å². The number of halogens is 1. The number of carbonyl (C=O) groups is 2. The predicted molar refractivity (Wildman–Crippen MR) is 156 cm³/mol. The topological polar surface area (TPSA) is 80.1 Å². The Hall–Kier alpha value is -3.98. The third-order valence-electron chi connectivity index (χ3n) is 6.72. The number of carbonyl (C=O) groups excluding carboxylic acids is 2. The predicted octanol–water partition coefficient (Wildman–Crippen LogP) is 5.50. The summed E-state index contributed by atoms with van der Waals surface area (Å²) >= 11 is 1.43. The van der Waals surface area contributed by atoms with E-state index in [0.717, 1.165) is 33.8 Å². The van der Waals surface area contributed by atoms with Gasteiger partial charge in [0.2, 0.25) is 11.8 Å². The Balaban J connectivity index is 1.65. The van der Waals surface area contributed by atoms with Crippen molar-refractivity contribution in [2.75, 3.05) is 17.2 Å². The van der Waals surface area contributed by atoms with Gasteiger partial charge in [-0.25, -0.2) is 9.07 Å². The van der Waals surface area contributed by atoms with Crippen LogP contribution in [0.5, 0.6) is 0 Å². The van der Waals surface area contributed by atoms with Crippen molar-refractivity contribution < 1.29 is 14.0 Å². The molecule has 0 saturated heterocycles. The van der Waals surface area contributed by atoms with E-state index in [1.807, 2.05) is 55.5 Å². The van der Waals surface area contributed by atoms with Gasteiger partial charge in [-0.15, -0.1) is 11.8 Å². The monoisotopic (exact) mass is 557 g/mol. The molecule has 9 heteroatoms. The molecular weight excluding hydrogens is 525 g/mol. The SMILES string of the molecule is Cc1ccc(-n2nc(C(C)(C)C)c3c2N(CC(=O)NCc2ccccn2)C(=O)CS[C@H]3c2cccc(F)c2)cc1. The van der Waals surface area contributed by atoms with E-state index >= 15 is 0 Å². The summed E-state index contributed by atoms with van der Waals surface area (Å²) in [5.74, 6) is -0.212. The maximum absolute atomic E-state index is 14.4. The first-order chi connectivity index (χ1) is 19.1. The van der Waals surface area contributed by atoms with Crippen LogP contribution in [0.15, 0.2) is 72.9 Å². The fourth-order valence-electron chi connectivity index (χ4n) is 4.76. The van der Waals surface area contributed by atoms with Crippen LogP contribution < -0.4 is 10.2 Å². The second kappa shape index (κ2) is 11.3. The number of aromatic nitrogens is 3. The summed E-state index contributed by atoms with van der Waals surface area (Å²) in [7, 11) is 0. The molecule has 3 heterocycles. The van der Waals surface area contributed by atoms with Crippen LogP contribution in [0.25, 0.3) is 5.69 Å². The molecule has 7 nitrogen and oxygen atoms in total. The summed E-state index contributed by atoms with van der Waals surface area (Å²) in [5.41, 5.74) is 4.54. The molecule has 0 radical (unpaired) electrons. The Morgan fingerprint density at radius 1 is 1.10 bits per heavy atom. The van der Waals surface area contributed by atoms with Gasteiger partial charge in [0.1, 0.15) is 18.2 Å². The minimum Gasteiger partial charge on any atom is -0.349 e. The van der Waals surface area contributed by atoms with Gasteiger partial charge < -0.3 is 5.32 Å². The number of hydrogen-bond donors (Lipinski definition) is 1. The maximum atomic E-state index is 14.4. The number of benzene rings is 2. The van der Waals surface area contributed by atoms with Gasteiger partial charge in [-0.05, 0) is 48.9 Å². The Labute approximate surface area is 237 Å². The molecule has 0 bridgehead atoms. The number of thioether (sulfide) groups is 1. The van der Waals surface area contributed by atoms with Crippen molar-refractivity contribution in [2.24, 2.45) is 0 Å². The number of fused-ring (bicyclic) bond motifs is 1. The molecule has 40 heavy (non-hydrogen) atoms. The normalized spacial score (nSPS) is 15.5. The molecule has 1 atom stereocenters. The van der Waals surface area contributed by atoms with E-state index in [-0.39, 0.29) is 41.7 Å². The van der Waals surface area contributed by atoms with Gasteiger partial charge >= 0.3 is 0 Å². The standard InChI is InChI=1S/C31H32FN5O2S/c1-20-11-13-24(14-12-20)37-30-27(29(35-37)31(2,3)4)28(21-8-7-9-22(32)16-21)40-19-26(39)36(30)18-25(38)34-17-23-10-5-6-15-33-23/h5-16,28H,17-19H2,1-4H3,(H,34,38)/t28-/m0/s1. The summed E-state index contributed by atoms with van der Waals surface area (Å²) in [6.45, 7) is 8.28. The molecular formula is C31H32FN5O2S. The lowest BCUT2D eigenvalue weighted by atomic mass is 9.87. The molecule has 1 aliphatic rings. The molecule has 0 aliphatic carbocycles. The van der Waals surface area contributed by atoms with E-state index in [1.165, 1.54) is 28.8 Å². The summed E-state index contributed by atoms with van der Waals surface area (Å²) in [5, 5.41) is 7.60. The number of hydrogen-bond acceptors (Lipinski definition) is 5. The largest absolute Gasteiger partial charge is 0.349 e. The second-order valence-corrected chi connectivity index (χ2v) is 12.0. The molecule has 2 aromatic carbocycles. The number of nitrogens with one attached hydrogen (secondary N) is 1. The zero-order chi connectivity index (χ0) is 28.4. The molecule has 1 aliphatic heterocycles. The van der Waals surface area contributed by atoms with Crippen molar-refractivity contribution in [1.29, 1.82) is 0 Å². The zero-order valence-corrected chi connectivity index (χ0v) is 23.8. The van der Waals surface area contributed by atoms with Gasteiger partial charge in [-0.3, -0.25) is 19.5 Å². The molecule has 2 aromatic heterocycles.